The average molecular weight is 257 g/mol. The molecule has 1 rings (SSSR count). The molecule has 0 aliphatic heterocycles. The first-order valence-electron chi connectivity index (χ1n) is 5.43. The first-order chi connectivity index (χ1) is 8.37. The Kier molecular flexibility index (Phi) is 4.61. The first-order valence-corrected chi connectivity index (χ1v) is 5.43. The van der Waals surface area contributed by atoms with Crippen molar-refractivity contribution in [1.29, 1.82) is 0 Å². The van der Waals surface area contributed by atoms with Crippen molar-refractivity contribution < 1.29 is 23.8 Å². The number of carbonyl (C=O) groups is 1. The second kappa shape index (κ2) is 5.77. The number of rotatable bonds is 6. The molecule has 0 saturated heterocycles. The van der Waals surface area contributed by atoms with Gasteiger partial charge in [0.1, 0.15) is 5.56 Å². The normalized spacial score (nSPS) is 11.3. The van der Waals surface area contributed by atoms with Gasteiger partial charge in [0.15, 0.2) is 5.82 Å². The standard InChI is InChI=1S/C12H16FNO4/c1-12(2,17-3)5-7-18-10-9(13)8(11(15)16)4-6-14-10/h4,6H,5,7H2,1-3H3,(H,15,16). The van der Waals surface area contributed by atoms with Crippen molar-refractivity contribution in [2.45, 2.75) is 25.9 Å². The van der Waals surface area contributed by atoms with Crippen molar-refractivity contribution in [1.82, 2.24) is 4.98 Å². The lowest BCUT2D eigenvalue weighted by molar-refractivity contribution is 0.00467. The monoisotopic (exact) mass is 257 g/mol. The first kappa shape index (κ1) is 14.4. The van der Waals surface area contributed by atoms with E-state index >= 15 is 0 Å². The predicted octanol–water partition coefficient (Wildman–Crippen LogP) is 2.11. The van der Waals surface area contributed by atoms with Crippen LogP contribution in [0.25, 0.3) is 0 Å². The third-order valence-electron chi connectivity index (χ3n) is 2.58. The van der Waals surface area contributed by atoms with Crippen molar-refractivity contribution in [3.8, 4) is 5.88 Å². The van der Waals surface area contributed by atoms with E-state index in [0.29, 0.717) is 6.42 Å². The lowest BCUT2D eigenvalue weighted by Gasteiger charge is -2.22. The van der Waals surface area contributed by atoms with E-state index in [4.69, 9.17) is 14.6 Å². The van der Waals surface area contributed by atoms with Gasteiger partial charge < -0.3 is 14.6 Å². The minimum absolute atomic E-state index is 0.188. The van der Waals surface area contributed by atoms with Gasteiger partial charge in [-0.15, -0.1) is 0 Å². The van der Waals surface area contributed by atoms with E-state index in [0.717, 1.165) is 6.07 Å². The average Bonchev–Trinajstić information content (AvgIpc) is 2.31. The highest BCUT2D eigenvalue weighted by Gasteiger charge is 2.19. The van der Waals surface area contributed by atoms with Gasteiger partial charge in [0, 0.05) is 19.7 Å². The number of hydrogen-bond acceptors (Lipinski definition) is 4. The van der Waals surface area contributed by atoms with Gasteiger partial charge in [0.25, 0.3) is 5.88 Å². The SMILES string of the molecule is COC(C)(C)CCOc1nccc(C(=O)O)c1F. The fraction of sp³-hybridized carbons (Fsp3) is 0.500. The minimum atomic E-state index is -1.35. The Balaban J connectivity index is 2.69. The molecular weight excluding hydrogens is 241 g/mol. The molecule has 0 saturated carbocycles. The summed E-state index contributed by atoms with van der Waals surface area (Å²) in [6.07, 6.45) is 1.73. The van der Waals surface area contributed by atoms with Crippen molar-refractivity contribution in [2.24, 2.45) is 0 Å². The van der Waals surface area contributed by atoms with Gasteiger partial charge in [-0.05, 0) is 19.9 Å². The molecular formula is C12H16FNO4. The van der Waals surface area contributed by atoms with Gasteiger partial charge in [0.05, 0.1) is 12.2 Å². The molecule has 0 spiro atoms. The highest BCUT2D eigenvalue weighted by molar-refractivity contribution is 5.88. The van der Waals surface area contributed by atoms with E-state index in [1.165, 1.54) is 6.20 Å². The summed E-state index contributed by atoms with van der Waals surface area (Å²) in [5, 5.41) is 8.74. The molecule has 1 N–H and O–H groups in total. The Labute approximate surface area is 105 Å². The molecule has 0 aliphatic rings. The summed E-state index contributed by atoms with van der Waals surface area (Å²) in [5.74, 6) is -2.61. The molecule has 1 aromatic rings. The van der Waals surface area contributed by atoms with Crippen molar-refractivity contribution in [3.05, 3.63) is 23.6 Å². The van der Waals surface area contributed by atoms with Crippen LogP contribution in [0.2, 0.25) is 0 Å². The van der Waals surface area contributed by atoms with Crippen LogP contribution in [-0.2, 0) is 4.74 Å². The maximum absolute atomic E-state index is 13.6. The third kappa shape index (κ3) is 3.66. The number of halogens is 1. The van der Waals surface area contributed by atoms with Gasteiger partial charge in [-0.25, -0.2) is 14.2 Å². The van der Waals surface area contributed by atoms with Crippen LogP contribution in [0, 0.1) is 5.82 Å². The molecule has 0 radical (unpaired) electrons. The zero-order valence-electron chi connectivity index (χ0n) is 10.6. The molecule has 0 unspecified atom stereocenters. The Morgan fingerprint density at radius 1 is 1.56 bits per heavy atom. The van der Waals surface area contributed by atoms with Gasteiger partial charge in [-0.1, -0.05) is 0 Å². The number of aromatic nitrogens is 1. The van der Waals surface area contributed by atoms with E-state index in [1.807, 2.05) is 13.8 Å². The third-order valence-corrected chi connectivity index (χ3v) is 2.58. The number of hydrogen-bond donors (Lipinski definition) is 1. The predicted molar refractivity (Wildman–Crippen MR) is 62.4 cm³/mol. The molecule has 1 aromatic heterocycles. The molecule has 0 fully saturated rings. The summed E-state index contributed by atoms with van der Waals surface area (Å²) in [7, 11) is 1.57. The fourth-order valence-corrected chi connectivity index (χ4v) is 1.19. The second-order valence-corrected chi connectivity index (χ2v) is 4.35. The molecule has 0 bridgehead atoms. The number of nitrogens with zero attached hydrogens (tertiary/aromatic N) is 1. The largest absolute Gasteiger partial charge is 0.478 e. The zero-order valence-corrected chi connectivity index (χ0v) is 10.6. The van der Waals surface area contributed by atoms with Crippen LogP contribution < -0.4 is 4.74 Å². The number of methoxy groups -OCH3 is 1. The van der Waals surface area contributed by atoms with Crippen LogP contribution >= 0.6 is 0 Å². The highest BCUT2D eigenvalue weighted by atomic mass is 19.1. The Bertz CT molecular complexity index is 434. The molecule has 0 amide bonds. The summed E-state index contributed by atoms with van der Waals surface area (Å²) in [6.45, 7) is 3.93. The molecule has 0 aliphatic carbocycles. The van der Waals surface area contributed by atoms with Gasteiger partial charge in [-0.3, -0.25) is 0 Å². The molecule has 0 atom stereocenters. The second-order valence-electron chi connectivity index (χ2n) is 4.35. The fourth-order valence-electron chi connectivity index (χ4n) is 1.19. The lowest BCUT2D eigenvalue weighted by atomic mass is 10.1. The van der Waals surface area contributed by atoms with Crippen LogP contribution in [0.4, 0.5) is 4.39 Å². The van der Waals surface area contributed by atoms with Crippen molar-refractivity contribution in [2.75, 3.05) is 13.7 Å². The van der Waals surface area contributed by atoms with Crippen LogP contribution in [0.3, 0.4) is 0 Å². The smallest absolute Gasteiger partial charge is 0.338 e. The summed E-state index contributed by atoms with van der Waals surface area (Å²) in [5.41, 5.74) is -0.841. The van der Waals surface area contributed by atoms with Crippen molar-refractivity contribution >= 4 is 5.97 Å². The number of ether oxygens (including phenoxy) is 2. The maximum atomic E-state index is 13.6. The van der Waals surface area contributed by atoms with Crippen LogP contribution in [-0.4, -0.2) is 35.4 Å². The molecule has 5 nitrogen and oxygen atoms in total. The highest BCUT2D eigenvalue weighted by Crippen LogP contribution is 2.19. The number of carboxylic acids is 1. The molecule has 18 heavy (non-hydrogen) atoms. The topological polar surface area (TPSA) is 68.7 Å². The number of carboxylic acid groups (broad SMARTS) is 1. The van der Waals surface area contributed by atoms with E-state index in [1.54, 1.807) is 7.11 Å². The van der Waals surface area contributed by atoms with Gasteiger partial charge >= 0.3 is 5.97 Å². The van der Waals surface area contributed by atoms with E-state index in [2.05, 4.69) is 4.98 Å². The summed E-state index contributed by atoms with van der Waals surface area (Å²) in [6, 6.07) is 1.09. The molecule has 0 aromatic carbocycles. The Morgan fingerprint density at radius 2 is 2.22 bits per heavy atom. The van der Waals surface area contributed by atoms with Gasteiger partial charge in [-0.2, -0.15) is 0 Å². The van der Waals surface area contributed by atoms with E-state index < -0.39 is 17.3 Å². The molecule has 100 valence electrons. The maximum Gasteiger partial charge on any atom is 0.338 e. The summed E-state index contributed by atoms with van der Waals surface area (Å²) < 4.78 is 23.9. The summed E-state index contributed by atoms with van der Waals surface area (Å²) in [4.78, 5) is 14.4. The molecule has 6 heteroatoms. The van der Waals surface area contributed by atoms with Crippen LogP contribution in [0.15, 0.2) is 12.3 Å². The zero-order chi connectivity index (χ0) is 13.8. The quantitative estimate of drug-likeness (QED) is 0.845. The van der Waals surface area contributed by atoms with Crippen molar-refractivity contribution in [3.63, 3.8) is 0 Å². The van der Waals surface area contributed by atoms with Gasteiger partial charge in [0.2, 0.25) is 0 Å². The Hall–Kier alpha value is -1.69. The van der Waals surface area contributed by atoms with Crippen LogP contribution in [0.5, 0.6) is 5.88 Å². The Morgan fingerprint density at radius 3 is 2.78 bits per heavy atom. The summed E-state index contributed by atoms with van der Waals surface area (Å²) >= 11 is 0. The lowest BCUT2D eigenvalue weighted by Crippen LogP contribution is -2.25. The number of aromatic carboxylic acids is 1. The minimum Gasteiger partial charge on any atom is -0.478 e. The number of pyridine rings is 1. The van der Waals surface area contributed by atoms with E-state index in [9.17, 15) is 9.18 Å². The molecule has 1 heterocycles. The van der Waals surface area contributed by atoms with E-state index in [-0.39, 0.29) is 18.1 Å². The van der Waals surface area contributed by atoms with Crippen LogP contribution in [0.1, 0.15) is 30.6 Å².